The summed E-state index contributed by atoms with van der Waals surface area (Å²) in [6.45, 7) is 0. The SMILES string of the molecule is COc1cc(C=O)c(OC)nn1. The highest BCUT2D eigenvalue weighted by Gasteiger charge is 2.05. The number of carbonyl (C=O) groups excluding carboxylic acids is 1. The van der Waals surface area contributed by atoms with E-state index < -0.39 is 0 Å². The molecule has 0 bridgehead atoms. The topological polar surface area (TPSA) is 61.3 Å². The number of ether oxygens (including phenoxy) is 2. The number of nitrogens with zero attached hydrogens (tertiary/aromatic N) is 2. The standard InChI is InChI=1S/C7H8N2O3/c1-11-6-3-5(4-10)7(12-2)9-8-6/h3-4H,1-2H3. The highest BCUT2D eigenvalue weighted by Crippen LogP contribution is 2.15. The van der Waals surface area contributed by atoms with Gasteiger partial charge in [-0.2, -0.15) is 0 Å². The molecule has 64 valence electrons. The van der Waals surface area contributed by atoms with Crippen molar-refractivity contribution in [3.63, 3.8) is 0 Å². The van der Waals surface area contributed by atoms with Crippen LogP contribution in [0.4, 0.5) is 0 Å². The molecule has 0 unspecified atom stereocenters. The smallest absolute Gasteiger partial charge is 0.244 e. The van der Waals surface area contributed by atoms with Gasteiger partial charge in [-0.15, -0.1) is 10.2 Å². The fourth-order valence-corrected chi connectivity index (χ4v) is 0.719. The summed E-state index contributed by atoms with van der Waals surface area (Å²) < 4.78 is 9.54. The maximum Gasteiger partial charge on any atom is 0.244 e. The molecule has 0 aliphatic rings. The van der Waals surface area contributed by atoms with Crippen LogP contribution in [0.3, 0.4) is 0 Å². The van der Waals surface area contributed by atoms with E-state index in [9.17, 15) is 4.79 Å². The lowest BCUT2D eigenvalue weighted by Crippen LogP contribution is -1.98. The largest absolute Gasteiger partial charge is 0.480 e. The molecular weight excluding hydrogens is 160 g/mol. The van der Waals surface area contributed by atoms with Crippen LogP contribution < -0.4 is 9.47 Å². The van der Waals surface area contributed by atoms with Crippen molar-refractivity contribution in [1.29, 1.82) is 0 Å². The second kappa shape index (κ2) is 3.66. The Morgan fingerprint density at radius 1 is 1.33 bits per heavy atom. The summed E-state index contributed by atoms with van der Waals surface area (Å²) in [5.74, 6) is 0.490. The van der Waals surface area contributed by atoms with Crippen LogP contribution in [0, 0.1) is 0 Å². The average Bonchev–Trinajstić information content (AvgIpc) is 2.16. The molecule has 1 rings (SSSR count). The first-order chi connectivity index (χ1) is 5.81. The number of methoxy groups -OCH3 is 2. The molecule has 0 amide bonds. The van der Waals surface area contributed by atoms with Crippen LogP contribution in [-0.2, 0) is 0 Å². The van der Waals surface area contributed by atoms with Gasteiger partial charge in [0, 0.05) is 6.07 Å². The van der Waals surface area contributed by atoms with E-state index in [0.717, 1.165) is 0 Å². The van der Waals surface area contributed by atoms with Crippen molar-refractivity contribution in [1.82, 2.24) is 10.2 Å². The molecule has 0 saturated carbocycles. The molecule has 0 atom stereocenters. The molecule has 5 nitrogen and oxygen atoms in total. The normalized spacial score (nSPS) is 9.17. The number of hydrogen-bond acceptors (Lipinski definition) is 5. The number of aldehydes is 1. The van der Waals surface area contributed by atoms with Gasteiger partial charge in [0.05, 0.1) is 19.8 Å². The monoisotopic (exact) mass is 168 g/mol. The predicted octanol–water partition coefficient (Wildman–Crippen LogP) is 0.306. The fourth-order valence-electron chi connectivity index (χ4n) is 0.719. The molecule has 0 saturated heterocycles. The molecular formula is C7H8N2O3. The van der Waals surface area contributed by atoms with E-state index in [4.69, 9.17) is 9.47 Å². The van der Waals surface area contributed by atoms with E-state index in [2.05, 4.69) is 10.2 Å². The summed E-state index contributed by atoms with van der Waals surface area (Å²) in [5.41, 5.74) is 0.323. The van der Waals surface area contributed by atoms with E-state index in [0.29, 0.717) is 11.8 Å². The number of rotatable bonds is 3. The third-order valence-corrected chi connectivity index (χ3v) is 1.29. The minimum Gasteiger partial charge on any atom is -0.480 e. The van der Waals surface area contributed by atoms with Crippen LogP contribution in [-0.4, -0.2) is 30.7 Å². The molecule has 0 spiro atoms. The van der Waals surface area contributed by atoms with Crippen LogP contribution in [0.15, 0.2) is 6.07 Å². The molecule has 1 aromatic heterocycles. The zero-order valence-corrected chi connectivity index (χ0v) is 6.77. The van der Waals surface area contributed by atoms with Gasteiger partial charge in [0.1, 0.15) is 0 Å². The molecule has 0 N–H and O–H groups in total. The third kappa shape index (κ3) is 1.50. The van der Waals surface area contributed by atoms with E-state index in [1.165, 1.54) is 20.3 Å². The second-order valence-corrected chi connectivity index (χ2v) is 1.97. The van der Waals surface area contributed by atoms with Crippen LogP contribution in [0.1, 0.15) is 10.4 Å². The van der Waals surface area contributed by atoms with Crippen LogP contribution in [0.25, 0.3) is 0 Å². The molecule has 1 heterocycles. The molecule has 0 aliphatic heterocycles. The van der Waals surface area contributed by atoms with E-state index in [-0.39, 0.29) is 11.8 Å². The van der Waals surface area contributed by atoms with Gasteiger partial charge in [-0.1, -0.05) is 0 Å². The van der Waals surface area contributed by atoms with Gasteiger partial charge in [-0.25, -0.2) is 0 Å². The summed E-state index contributed by atoms with van der Waals surface area (Å²) in [4.78, 5) is 10.5. The van der Waals surface area contributed by atoms with Crippen molar-refractivity contribution in [3.8, 4) is 11.8 Å². The second-order valence-electron chi connectivity index (χ2n) is 1.97. The summed E-state index contributed by atoms with van der Waals surface area (Å²) in [7, 11) is 2.87. The maximum atomic E-state index is 10.5. The summed E-state index contributed by atoms with van der Waals surface area (Å²) in [6.07, 6.45) is 0.635. The first-order valence-electron chi connectivity index (χ1n) is 3.22. The van der Waals surface area contributed by atoms with Gasteiger partial charge in [0.25, 0.3) is 0 Å². The van der Waals surface area contributed by atoms with E-state index in [1.807, 2.05) is 0 Å². The molecule has 0 fully saturated rings. The number of hydrogen-bond donors (Lipinski definition) is 0. The molecule has 0 radical (unpaired) electrons. The van der Waals surface area contributed by atoms with Gasteiger partial charge in [-0.3, -0.25) is 4.79 Å². The van der Waals surface area contributed by atoms with Crippen LogP contribution in [0.5, 0.6) is 11.8 Å². The van der Waals surface area contributed by atoms with Crippen molar-refractivity contribution in [2.75, 3.05) is 14.2 Å². The summed E-state index contributed by atoms with van der Waals surface area (Å²) in [5, 5.41) is 7.23. The molecule has 1 aromatic rings. The van der Waals surface area contributed by atoms with Crippen molar-refractivity contribution < 1.29 is 14.3 Å². The molecule has 5 heteroatoms. The first kappa shape index (κ1) is 8.45. The highest BCUT2D eigenvalue weighted by molar-refractivity contribution is 5.78. The Hall–Kier alpha value is -1.65. The zero-order chi connectivity index (χ0) is 8.97. The average molecular weight is 168 g/mol. The lowest BCUT2D eigenvalue weighted by Gasteiger charge is -2.01. The minimum absolute atomic E-state index is 0.200. The highest BCUT2D eigenvalue weighted by atomic mass is 16.5. The zero-order valence-electron chi connectivity index (χ0n) is 6.77. The first-order valence-corrected chi connectivity index (χ1v) is 3.22. The summed E-state index contributed by atoms with van der Waals surface area (Å²) >= 11 is 0. The lowest BCUT2D eigenvalue weighted by atomic mass is 10.3. The molecule has 0 aromatic carbocycles. The number of aromatic nitrogens is 2. The van der Waals surface area contributed by atoms with Gasteiger partial charge >= 0.3 is 0 Å². The Labute approximate surface area is 69.3 Å². The summed E-state index contributed by atoms with van der Waals surface area (Å²) in [6, 6.07) is 1.46. The molecule has 12 heavy (non-hydrogen) atoms. The Balaban J connectivity index is 3.10. The Bertz CT molecular complexity index is 288. The lowest BCUT2D eigenvalue weighted by molar-refractivity contribution is 0.111. The van der Waals surface area contributed by atoms with Crippen LogP contribution >= 0.6 is 0 Å². The van der Waals surface area contributed by atoms with E-state index >= 15 is 0 Å². The van der Waals surface area contributed by atoms with E-state index in [1.54, 1.807) is 0 Å². The molecule has 0 aliphatic carbocycles. The fraction of sp³-hybridized carbons (Fsp3) is 0.286. The Kier molecular flexibility index (Phi) is 2.57. The van der Waals surface area contributed by atoms with Crippen molar-refractivity contribution >= 4 is 6.29 Å². The van der Waals surface area contributed by atoms with Gasteiger partial charge in [-0.05, 0) is 0 Å². The van der Waals surface area contributed by atoms with Gasteiger partial charge < -0.3 is 9.47 Å². The Morgan fingerprint density at radius 2 is 2.08 bits per heavy atom. The number of carbonyl (C=O) groups is 1. The van der Waals surface area contributed by atoms with Crippen molar-refractivity contribution in [3.05, 3.63) is 11.6 Å². The minimum atomic E-state index is 0.200. The third-order valence-electron chi connectivity index (χ3n) is 1.29. The van der Waals surface area contributed by atoms with Gasteiger partial charge in [0.2, 0.25) is 11.8 Å². The maximum absolute atomic E-state index is 10.5. The van der Waals surface area contributed by atoms with Gasteiger partial charge in [0.15, 0.2) is 6.29 Å². The predicted molar refractivity (Wildman–Crippen MR) is 40.5 cm³/mol. The van der Waals surface area contributed by atoms with Crippen molar-refractivity contribution in [2.45, 2.75) is 0 Å². The van der Waals surface area contributed by atoms with Crippen LogP contribution in [0.2, 0.25) is 0 Å². The van der Waals surface area contributed by atoms with Crippen molar-refractivity contribution in [2.24, 2.45) is 0 Å². The Morgan fingerprint density at radius 3 is 2.58 bits per heavy atom. The quantitative estimate of drug-likeness (QED) is 0.607.